The van der Waals surface area contributed by atoms with E-state index in [0.29, 0.717) is 17.0 Å². The standard InChI is InChI=1S/C15H11ClN4O/c1-4-12-13(16)15(20-21-3)19-14(18-12)11-7-5-6-10(8-17)9(11)2/h1,5-7H,2-3H3,(H,18,19,20). The van der Waals surface area contributed by atoms with Crippen LogP contribution in [0.25, 0.3) is 11.4 Å². The van der Waals surface area contributed by atoms with Crippen molar-refractivity contribution in [1.82, 2.24) is 9.97 Å². The summed E-state index contributed by atoms with van der Waals surface area (Å²) in [5.74, 6) is 3.06. The summed E-state index contributed by atoms with van der Waals surface area (Å²) in [7, 11) is 1.44. The molecule has 0 spiro atoms. The summed E-state index contributed by atoms with van der Waals surface area (Å²) < 4.78 is 0. The molecule has 104 valence electrons. The van der Waals surface area contributed by atoms with E-state index in [1.165, 1.54) is 7.11 Å². The van der Waals surface area contributed by atoms with Gasteiger partial charge in [0, 0.05) is 5.56 Å². The summed E-state index contributed by atoms with van der Waals surface area (Å²) in [5.41, 5.74) is 4.85. The van der Waals surface area contributed by atoms with Crippen molar-refractivity contribution in [1.29, 1.82) is 5.26 Å². The van der Waals surface area contributed by atoms with E-state index < -0.39 is 0 Å². The molecule has 0 aliphatic carbocycles. The highest BCUT2D eigenvalue weighted by Crippen LogP contribution is 2.28. The van der Waals surface area contributed by atoms with Crippen molar-refractivity contribution >= 4 is 17.4 Å². The molecule has 0 aliphatic heterocycles. The number of halogens is 1. The molecule has 0 bridgehead atoms. The van der Waals surface area contributed by atoms with Crippen molar-refractivity contribution in [3.63, 3.8) is 0 Å². The van der Waals surface area contributed by atoms with Crippen LogP contribution in [0.2, 0.25) is 5.02 Å². The number of hydrogen-bond acceptors (Lipinski definition) is 5. The van der Waals surface area contributed by atoms with Gasteiger partial charge < -0.3 is 0 Å². The predicted molar refractivity (Wildman–Crippen MR) is 80.5 cm³/mol. The van der Waals surface area contributed by atoms with Gasteiger partial charge in [0.1, 0.15) is 10.7 Å². The average Bonchev–Trinajstić information content (AvgIpc) is 2.50. The highest BCUT2D eigenvalue weighted by molar-refractivity contribution is 6.33. The normalized spacial score (nSPS) is 9.76. The Hall–Kier alpha value is -2.60. The van der Waals surface area contributed by atoms with Crippen LogP contribution in [0.4, 0.5) is 5.82 Å². The van der Waals surface area contributed by atoms with Gasteiger partial charge >= 0.3 is 0 Å². The first-order valence-electron chi connectivity index (χ1n) is 5.95. The fourth-order valence-electron chi connectivity index (χ4n) is 1.83. The van der Waals surface area contributed by atoms with Crippen LogP contribution in [-0.4, -0.2) is 17.1 Å². The van der Waals surface area contributed by atoms with Crippen molar-refractivity contribution in [2.24, 2.45) is 0 Å². The van der Waals surface area contributed by atoms with Crippen LogP contribution in [0.15, 0.2) is 18.2 Å². The van der Waals surface area contributed by atoms with Gasteiger partial charge in [-0.05, 0) is 24.5 Å². The Morgan fingerprint density at radius 1 is 1.38 bits per heavy atom. The zero-order valence-electron chi connectivity index (χ0n) is 11.4. The Balaban J connectivity index is 2.68. The molecule has 6 heteroatoms. The summed E-state index contributed by atoms with van der Waals surface area (Å²) >= 11 is 6.08. The maximum Gasteiger partial charge on any atom is 0.173 e. The first kappa shape index (κ1) is 14.8. The Morgan fingerprint density at radius 3 is 2.76 bits per heavy atom. The largest absolute Gasteiger partial charge is 0.278 e. The Bertz CT molecular complexity index is 774. The first-order valence-corrected chi connectivity index (χ1v) is 6.33. The molecule has 1 aromatic carbocycles. The van der Waals surface area contributed by atoms with E-state index in [4.69, 9.17) is 28.1 Å². The summed E-state index contributed by atoms with van der Waals surface area (Å²) in [5, 5.41) is 9.30. The third kappa shape index (κ3) is 2.80. The number of anilines is 1. The van der Waals surface area contributed by atoms with Gasteiger partial charge in [0.2, 0.25) is 0 Å². The van der Waals surface area contributed by atoms with Gasteiger partial charge in [0.15, 0.2) is 11.6 Å². The summed E-state index contributed by atoms with van der Waals surface area (Å²) in [4.78, 5) is 13.4. The van der Waals surface area contributed by atoms with Crippen molar-refractivity contribution in [2.45, 2.75) is 6.92 Å². The molecule has 0 saturated heterocycles. The van der Waals surface area contributed by atoms with Crippen molar-refractivity contribution in [3.8, 4) is 29.8 Å². The predicted octanol–water partition coefficient (Wildman–Crippen LogP) is 2.93. The van der Waals surface area contributed by atoms with Crippen molar-refractivity contribution < 1.29 is 4.84 Å². The molecule has 21 heavy (non-hydrogen) atoms. The topological polar surface area (TPSA) is 70.8 Å². The first-order chi connectivity index (χ1) is 10.1. The highest BCUT2D eigenvalue weighted by atomic mass is 35.5. The summed E-state index contributed by atoms with van der Waals surface area (Å²) in [6.07, 6.45) is 5.41. The van der Waals surface area contributed by atoms with Crippen LogP contribution >= 0.6 is 11.6 Å². The maximum atomic E-state index is 9.10. The molecule has 2 aromatic rings. The van der Waals surface area contributed by atoms with Crippen molar-refractivity contribution in [2.75, 3.05) is 12.6 Å². The monoisotopic (exact) mass is 298 g/mol. The minimum atomic E-state index is 0.206. The Morgan fingerprint density at radius 2 is 2.14 bits per heavy atom. The molecular formula is C15H11ClN4O. The quantitative estimate of drug-likeness (QED) is 0.697. The molecule has 5 nitrogen and oxygen atoms in total. The second-order valence-electron chi connectivity index (χ2n) is 4.10. The molecule has 0 atom stereocenters. The zero-order valence-corrected chi connectivity index (χ0v) is 12.2. The molecule has 1 heterocycles. The number of hydrogen-bond donors (Lipinski definition) is 1. The van der Waals surface area contributed by atoms with E-state index in [9.17, 15) is 0 Å². The van der Waals surface area contributed by atoms with Gasteiger partial charge in [-0.3, -0.25) is 4.84 Å². The fraction of sp³-hybridized carbons (Fsp3) is 0.133. The zero-order chi connectivity index (χ0) is 15.4. The number of terminal acetylenes is 1. The van der Waals surface area contributed by atoms with Crippen molar-refractivity contribution in [3.05, 3.63) is 40.0 Å². The molecule has 0 amide bonds. The summed E-state index contributed by atoms with van der Waals surface area (Å²) in [6.45, 7) is 1.82. The molecule has 2 rings (SSSR count). The molecule has 0 radical (unpaired) electrons. The lowest BCUT2D eigenvalue weighted by atomic mass is 10.0. The van der Waals surface area contributed by atoms with Crippen LogP contribution in [-0.2, 0) is 4.84 Å². The molecule has 0 unspecified atom stereocenters. The van der Waals surface area contributed by atoms with Gasteiger partial charge in [-0.15, -0.1) is 6.42 Å². The van der Waals surface area contributed by atoms with E-state index in [-0.39, 0.29) is 16.5 Å². The SMILES string of the molecule is C#Cc1nc(-c2cccc(C#N)c2C)nc(NOC)c1Cl. The number of nitriles is 1. The van der Waals surface area contributed by atoms with E-state index in [1.807, 2.05) is 13.0 Å². The van der Waals surface area contributed by atoms with Gasteiger partial charge in [0.25, 0.3) is 0 Å². The maximum absolute atomic E-state index is 9.10. The third-order valence-corrected chi connectivity index (χ3v) is 3.24. The molecular weight excluding hydrogens is 288 g/mol. The lowest BCUT2D eigenvalue weighted by Crippen LogP contribution is -2.05. The number of rotatable bonds is 3. The number of aromatic nitrogens is 2. The van der Waals surface area contributed by atoms with E-state index in [1.54, 1.807) is 12.1 Å². The second-order valence-corrected chi connectivity index (χ2v) is 4.48. The minimum absolute atomic E-state index is 0.206. The number of benzene rings is 1. The lowest BCUT2D eigenvalue weighted by molar-refractivity contribution is 0.269. The minimum Gasteiger partial charge on any atom is -0.278 e. The molecule has 0 fully saturated rings. The van der Waals surface area contributed by atoms with E-state index in [2.05, 4.69) is 27.4 Å². The van der Waals surface area contributed by atoms with Crippen LogP contribution in [0, 0.1) is 30.6 Å². The van der Waals surface area contributed by atoms with Gasteiger partial charge in [0.05, 0.1) is 18.7 Å². The van der Waals surface area contributed by atoms with Crippen LogP contribution in [0.3, 0.4) is 0 Å². The molecule has 1 aromatic heterocycles. The van der Waals surface area contributed by atoms with Gasteiger partial charge in [-0.1, -0.05) is 23.7 Å². The fourth-order valence-corrected chi connectivity index (χ4v) is 2.00. The third-order valence-electron chi connectivity index (χ3n) is 2.88. The molecule has 1 N–H and O–H groups in total. The number of nitrogens with zero attached hydrogens (tertiary/aromatic N) is 3. The molecule has 0 saturated carbocycles. The van der Waals surface area contributed by atoms with Crippen LogP contribution in [0.5, 0.6) is 0 Å². The number of nitrogens with one attached hydrogen (secondary N) is 1. The van der Waals surface area contributed by atoms with Crippen LogP contribution < -0.4 is 5.48 Å². The Kier molecular flexibility index (Phi) is 4.39. The second kappa shape index (κ2) is 6.23. The van der Waals surface area contributed by atoms with Gasteiger partial charge in [-0.25, -0.2) is 15.4 Å². The van der Waals surface area contributed by atoms with E-state index in [0.717, 1.165) is 5.56 Å². The summed E-state index contributed by atoms with van der Waals surface area (Å²) in [6, 6.07) is 7.43. The van der Waals surface area contributed by atoms with Gasteiger partial charge in [-0.2, -0.15) is 5.26 Å². The smallest absolute Gasteiger partial charge is 0.173 e. The molecule has 0 aliphatic rings. The van der Waals surface area contributed by atoms with Crippen LogP contribution in [0.1, 0.15) is 16.8 Å². The van der Waals surface area contributed by atoms with E-state index >= 15 is 0 Å². The highest BCUT2D eigenvalue weighted by Gasteiger charge is 2.15. The average molecular weight is 299 g/mol. The Labute approximate surface area is 127 Å². The lowest BCUT2D eigenvalue weighted by Gasteiger charge is -2.11.